The molecular formula is C13H16N2O2. The number of ether oxygens (including phenoxy) is 1. The van der Waals surface area contributed by atoms with Crippen LogP contribution in [0.1, 0.15) is 12.8 Å². The van der Waals surface area contributed by atoms with Gasteiger partial charge in [-0.15, -0.1) is 0 Å². The lowest BCUT2D eigenvalue weighted by Crippen LogP contribution is -2.33. The third-order valence-electron chi connectivity index (χ3n) is 3.19. The van der Waals surface area contributed by atoms with Crippen molar-refractivity contribution < 1.29 is 9.15 Å². The number of nitrogens with zero attached hydrogens (tertiary/aromatic N) is 1. The standard InChI is InChI=1S/C13H16N2O2/c1-2-10(7-14-5-1)8-16-11-3-4-13-12(6-11)15-9-17-13/h3-4,6,9-10,14H,1-2,5,7-8H2. The Morgan fingerprint density at radius 3 is 3.35 bits per heavy atom. The minimum Gasteiger partial charge on any atom is -0.493 e. The number of aromatic nitrogens is 1. The van der Waals surface area contributed by atoms with Crippen LogP contribution in [0.2, 0.25) is 0 Å². The van der Waals surface area contributed by atoms with Crippen LogP contribution in [-0.2, 0) is 0 Å². The SMILES string of the molecule is c1nc2cc(OCC3CCCNC3)ccc2o1. The second kappa shape index (κ2) is 4.75. The first kappa shape index (κ1) is 10.6. The molecule has 1 aliphatic rings. The number of benzene rings is 1. The van der Waals surface area contributed by atoms with Crippen molar-refractivity contribution in [2.24, 2.45) is 5.92 Å². The van der Waals surface area contributed by atoms with E-state index in [9.17, 15) is 0 Å². The van der Waals surface area contributed by atoms with Crippen LogP contribution in [0, 0.1) is 5.92 Å². The van der Waals surface area contributed by atoms with E-state index in [-0.39, 0.29) is 0 Å². The quantitative estimate of drug-likeness (QED) is 0.881. The van der Waals surface area contributed by atoms with Crippen molar-refractivity contribution in [1.82, 2.24) is 10.3 Å². The minimum atomic E-state index is 0.622. The Bertz CT molecular complexity index is 489. The van der Waals surface area contributed by atoms with E-state index in [0.717, 1.165) is 36.5 Å². The van der Waals surface area contributed by atoms with E-state index in [1.54, 1.807) is 0 Å². The Balaban J connectivity index is 1.63. The lowest BCUT2D eigenvalue weighted by Gasteiger charge is -2.22. The molecule has 1 aromatic carbocycles. The molecule has 1 unspecified atom stereocenters. The van der Waals surface area contributed by atoms with E-state index in [0.29, 0.717) is 5.92 Å². The normalized spacial score (nSPS) is 20.6. The number of oxazole rings is 1. The van der Waals surface area contributed by atoms with Crippen molar-refractivity contribution in [3.63, 3.8) is 0 Å². The topological polar surface area (TPSA) is 47.3 Å². The van der Waals surface area contributed by atoms with Crippen LogP contribution >= 0.6 is 0 Å². The van der Waals surface area contributed by atoms with Gasteiger partial charge < -0.3 is 14.5 Å². The van der Waals surface area contributed by atoms with Gasteiger partial charge in [0.25, 0.3) is 0 Å². The monoisotopic (exact) mass is 232 g/mol. The van der Waals surface area contributed by atoms with Crippen LogP contribution in [-0.4, -0.2) is 24.7 Å². The highest BCUT2D eigenvalue weighted by Crippen LogP contribution is 2.20. The molecule has 3 rings (SSSR count). The molecule has 1 fully saturated rings. The van der Waals surface area contributed by atoms with Crippen LogP contribution in [0.25, 0.3) is 11.1 Å². The first-order chi connectivity index (χ1) is 8.42. The van der Waals surface area contributed by atoms with Gasteiger partial charge in [0.1, 0.15) is 11.3 Å². The van der Waals surface area contributed by atoms with Crippen LogP contribution in [0.15, 0.2) is 29.0 Å². The highest BCUT2D eigenvalue weighted by atomic mass is 16.5. The predicted octanol–water partition coefficient (Wildman–Crippen LogP) is 2.21. The average molecular weight is 232 g/mol. The molecule has 1 N–H and O–H groups in total. The van der Waals surface area contributed by atoms with Crippen molar-refractivity contribution in [3.8, 4) is 5.75 Å². The van der Waals surface area contributed by atoms with Crippen molar-refractivity contribution in [2.45, 2.75) is 12.8 Å². The zero-order valence-corrected chi connectivity index (χ0v) is 9.69. The summed E-state index contributed by atoms with van der Waals surface area (Å²) in [6, 6.07) is 5.76. The van der Waals surface area contributed by atoms with Crippen LogP contribution in [0.4, 0.5) is 0 Å². The van der Waals surface area contributed by atoms with E-state index in [1.807, 2.05) is 18.2 Å². The van der Waals surface area contributed by atoms with Crippen molar-refractivity contribution in [3.05, 3.63) is 24.6 Å². The number of hydrogen-bond donors (Lipinski definition) is 1. The van der Waals surface area contributed by atoms with Gasteiger partial charge in [0.15, 0.2) is 12.0 Å². The number of hydrogen-bond acceptors (Lipinski definition) is 4. The first-order valence-corrected chi connectivity index (χ1v) is 6.08. The molecule has 1 aromatic heterocycles. The molecule has 0 aliphatic carbocycles. The van der Waals surface area contributed by atoms with Gasteiger partial charge in [0.2, 0.25) is 0 Å². The molecule has 1 saturated heterocycles. The van der Waals surface area contributed by atoms with Crippen LogP contribution < -0.4 is 10.1 Å². The summed E-state index contributed by atoms with van der Waals surface area (Å²) in [4.78, 5) is 4.12. The Labute approximate surface area is 100.0 Å². The van der Waals surface area contributed by atoms with E-state index in [4.69, 9.17) is 9.15 Å². The van der Waals surface area contributed by atoms with Gasteiger partial charge >= 0.3 is 0 Å². The van der Waals surface area contributed by atoms with Gasteiger partial charge in [-0.05, 0) is 31.5 Å². The van der Waals surface area contributed by atoms with Crippen molar-refractivity contribution in [1.29, 1.82) is 0 Å². The molecule has 90 valence electrons. The summed E-state index contributed by atoms with van der Waals surface area (Å²) in [6.45, 7) is 2.98. The fourth-order valence-corrected chi connectivity index (χ4v) is 2.21. The molecule has 2 heterocycles. The van der Waals surface area contributed by atoms with Gasteiger partial charge in [0.05, 0.1) is 6.61 Å². The number of nitrogens with one attached hydrogen (secondary N) is 1. The Hall–Kier alpha value is -1.55. The van der Waals surface area contributed by atoms with E-state index >= 15 is 0 Å². The molecule has 17 heavy (non-hydrogen) atoms. The molecule has 0 amide bonds. The van der Waals surface area contributed by atoms with Gasteiger partial charge in [-0.2, -0.15) is 0 Å². The van der Waals surface area contributed by atoms with Gasteiger partial charge in [-0.1, -0.05) is 0 Å². The molecular weight excluding hydrogens is 216 g/mol. The third-order valence-corrected chi connectivity index (χ3v) is 3.19. The van der Waals surface area contributed by atoms with E-state index in [1.165, 1.54) is 19.2 Å². The fourth-order valence-electron chi connectivity index (χ4n) is 2.21. The third kappa shape index (κ3) is 2.42. The summed E-state index contributed by atoms with van der Waals surface area (Å²) >= 11 is 0. The number of rotatable bonds is 3. The molecule has 4 nitrogen and oxygen atoms in total. The summed E-state index contributed by atoms with van der Waals surface area (Å²) in [5.41, 5.74) is 1.65. The van der Waals surface area contributed by atoms with Crippen molar-refractivity contribution >= 4 is 11.1 Å². The molecule has 0 bridgehead atoms. The molecule has 0 saturated carbocycles. The minimum absolute atomic E-state index is 0.622. The maximum Gasteiger partial charge on any atom is 0.181 e. The van der Waals surface area contributed by atoms with Crippen molar-refractivity contribution in [2.75, 3.05) is 19.7 Å². The number of piperidine rings is 1. The zero-order valence-electron chi connectivity index (χ0n) is 9.69. The van der Waals surface area contributed by atoms with E-state index in [2.05, 4.69) is 10.3 Å². The summed E-state index contributed by atoms with van der Waals surface area (Å²) in [6.07, 6.45) is 3.95. The summed E-state index contributed by atoms with van der Waals surface area (Å²) in [7, 11) is 0. The highest BCUT2D eigenvalue weighted by Gasteiger charge is 2.13. The largest absolute Gasteiger partial charge is 0.493 e. The maximum absolute atomic E-state index is 5.80. The highest BCUT2D eigenvalue weighted by molar-refractivity contribution is 5.73. The lowest BCUT2D eigenvalue weighted by atomic mass is 10.0. The summed E-state index contributed by atoms with van der Waals surface area (Å²) < 4.78 is 11.0. The zero-order chi connectivity index (χ0) is 11.5. The van der Waals surface area contributed by atoms with E-state index < -0.39 is 0 Å². The fraction of sp³-hybridized carbons (Fsp3) is 0.462. The molecule has 0 spiro atoms. The van der Waals surface area contributed by atoms with Crippen LogP contribution in [0.3, 0.4) is 0 Å². The smallest absolute Gasteiger partial charge is 0.181 e. The molecule has 0 radical (unpaired) electrons. The Morgan fingerprint density at radius 2 is 2.47 bits per heavy atom. The molecule has 2 aromatic rings. The average Bonchev–Trinajstić information content (AvgIpc) is 2.85. The second-order valence-corrected chi connectivity index (χ2v) is 4.51. The second-order valence-electron chi connectivity index (χ2n) is 4.51. The first-order valence-electron chi connectivity index (χ1n) is 6.08. The summed E-state index contributed by atoms with van der Waals surface area (Å²) in [5.74, 6) is 1.49. The van der Waals surface area contributed by atoms with Gasteiger partial charge in [-0.3, -0.25) is 0 Å². The predicted molar refractivity (Wildman–Crippen MR) is 65.1 cm³/mol. The van der Waals surface area contributed by atoms with Gasteiger partial charge in [-0.25, -0.2) is 4.98 Å². The molecule has 1 atom stereocenters. The molecule has 1 aliphatic heterocycles. The lowest BCUT2D eigenvalue weighted by molar-refractivity contribution is 0.218. The Morgan fingerprint density at radius 1 is 1.47 bits per heavy atom. The Kier molecular flexibility index (Phi) is 2.96. The van der Waals surface area contributed by atoms with Crippen LogP contribution in [0.5, 0.6) is 5.75 Å². The van der Waals surface area contributed by atoms with Gasteiger partial charge in [0, 0.05) is 18.5 Å². The maximum atomic E-state index is 5.80. The summed E-state index contributed by atoms with van der Waals surface area (Å²) in [5, 5.41) is 3.39. The molecule has 4 heteroatoms. The number of fused-ring (bicyclic) bond motifs is 1.